The number of thiazole rings is 1. The normalized spacial score (nSPS) is 17.3. The number of benzene rings is 2. The molecule has 1 saturated heterocycles. The van der Waals surface area contributed by atoms with Gasteiger partial charge in [-0.3, -0.25) is 0 Å². The third-order valence-electron chi connectivity index (χ3n) is 6.88. The number of likely N-dealkylation sites (tertiary alicyclic amines) is 1. The molecule has 1 aliphatic rings. The molecule has 34 heavy (non-hydrogen) atoms. The van der Waals surface area contributed by atoms with Crippen molar-refractivity contribution >= 4 is 26.7 Å². The summed E-state index contributed by atoms with van der Waals surface area (Å²) in [5.41, 5.74) is 9.91. The average molecular weight is 481 g/mol. The molecule has 0 spiro atoms. The molecule has 0 aliphatic carbocycles. The van der Waals surface area contributed by atoms with Gasteiger partial charge in [0.05, 0.1) is 16.3 Å². The Morgan fingerprint density at radius 1 is 1.09 bits per heavy atom. The Kier molecular flexibility index (Phi) is 8.95. The van der Waals surface area contributed by atoms with Crippen molar-refractivity contribution in [3.8, 4) is 0 Å². The summed E-state index contributed by atoms with van der Waals surface area (Å²) in [7, 11) is 0. The van der Waals surface area contributed by atoms with Crippen LogP contribution in [0.25, 0.3) is 10.2 Å². The van der Waals surface area contributed by atoms with E-state index in [0.717, 1.165) is 30.2 Å². The average Bonchev–Trinajstić information content (AvgIpc) is 3.48. The Hall–Kier alpha value is -1.99. The van der Waals surface area contributed by atoms with Gasteiger partial charge in [0.15, 0.2) is 5.13 Å². The summed E-state index contributed by atoms with van der Waals surface area (Å²) in [6.45, 7) is 8.96. The third-order valence-corrected chi connectivity index (χ3v) is 7.85. The van der Waals surface area contributed by atoms with Gasteiger partial charge in [0.25, 0.3) is 0 Å². The van der Waals surface area contributed by atoms with Crippen LogP contribution in [-0.2, 0) is 6.42 Å². The van der Waals surface area contributed by atoms with Crippen molar-refractivity contribution in [2.24, 2.45) is 11.7 Å². The quantitative estimate of drug-likeness (QED) is 0.330. The number of hydrogen-bond donors (Lipinski definition) is 3. The molecule has 2 heterocycles. The molecule has 2 aromatic carbocycles. The van der Waals surface area contributed by atoms with Gasteiger partial charge in [-0.15, -0.1) is 0 Å². The predicted molar refractivity (Wildman–Crippen MR) is 145 cm³/mol. The van der Waals surface area contributed by atoms with Gasteiger partial charge in [0.1, 0.15) is 0 Å². The van der Waals surface area contributed by atoms with Crippen molar-refractivity contribution < 1.29 is 5.11 Å². The number of nitrogens with two attached hydrogens (primary N) is 1. The van der Waals surface area contributed by atoms with E-state index in [-0.39, 0.29) is 12.0 Å². The number of fused-ring (bicyclic) bond motifs is 1. The van der Waals surface area contributed by atoms with Crippen LogP contribution in [0.5, 0.6) is 0 Å². The molecule has 1 fully saturated rings. The van der Waals surface area contributed by atoms with Gasteiger partial charge in [-0.1, -0.05) is 61.6 Å². The van der Waals surface area contributed by atoms with E-state index >= 15 is 0 Å². The number of anilines is 1. The number of aliphatic hydroxyl groups is 1. The van der Waals surface area contributed by atoms with E-state index in [1.165, 1.54) is 41.8 Å². The molecule has 0 bridgehead atoms. The first-order chi connectivity index (χ1) is 16.5. The lowest BCUT2D eigenvalue weighted by Gasteiger charge is -2.26. The van der Waals surface area contributed by atoms with Gasteiger partial charge in [-0.05, 0) is 80.3 Å². The van der Waals surface area contributed by atoms with E-state index in [4.69, 9.17) is 10.7 Å². The van der Waals surface area contributed by atoms with Crippen molar-refractivity contribution in [1.82, 2.24) is 9.88 Å². The molecule has 4 N–H and O–H groups in total. The summed E-state index contributed by atoms with van der Waals surface area (Å²) in [4.78, 5) is 7.31. The Morgan fingerprint density at radius 2 is 1.85 bits per heavy atom. The van der Waals surface area contributed by atoms with Crippen molar-refractivity contribution in [2.75, 3.05) is 31.5 Å². The molecular weight excluding hydrogens is 440 g/mol. The first kappa shape index (κ1) is 25.1. The maximum absolute atomic E-state index is 11.0. The zero-order chi connectivity index (χ0) is 23.9. The largest absolute Gasteiger partial charge is 0.391 e. The fourth-order valence-corrected chi connectivity index (χ4v) is 5.96. The Bertz CT molecular complexity index is 1020. The molecule has 1 unspecified atom stereocenters. The van der Waals surface area contributed by atoms with Gasteiger partial charge < -0.3 is 21.1 Å². The van der Waals surface area contributed by atoms with Crippen LogP contribution in [-0.4, -0.2) is 53.3 Å². The molecule has 3 aromatic rings. The second-order valence-electron chi connectivity index (χ2n) is 10.2. The van der Waals surface area contributed by atoms with E-state index in [0.29, 0.717) is 18.8 Å². The van der Waals surface area contributed by atoms with E-state index in [1.807, 2.05) is 18.2 Å². The SMILES string of the molecule is CC(C)CC(C[C@@H](O)[C@@H](N)Cc1ccccc1)c1ccc2nc(NCCN3CCCC3)sc2c1. The van der Waals surface area contributed by atoms with Crippen LogP contribution in [0.4, 0.5) is 5.13 Å². The summed E-state index contributed by atoms with van der Waals surface area (Å²) in [5.74, 6) is 0.817. The fraction of sp³-hybridized carbons (Fsp3) is 0.536. The molecule has 5 nitrogen and oxygen atoms in total. The predicted octanol–water partition coefficient (Wildman–Crippen LogP) is 5.25. The van der Waals surface area contributed by atoms with Gasteiger partial charge >= 0.3 is 0 Å². The lowest BCUT2D eigenvalue weighted by Crippen LogP contribution is -2.37. The maximum atomic E-state index is 11.0. The van der Waals surface area contributed by atoms with Gasteiger partial charge in [-0.25, -0.2) is 4.98 Å². The Labute approximate surface area is 208 Å². The summed E-state index contributed by atoms with van der Waals surface area (Å²) >= 11 is 1.73. The van der Waals surface area contributed by atoms with Gasteiger partial charge in [-0.2, -0.15) is 0 Å². The zero-order valence-electron chi connectivity index (χ0n) is 20.6. The molecular formula is C28H40N4OS. The second kappa shape index (κ2) is 12.1. The lowest BCUT2D eigenvalue weighted by atomic mass is 9.84. The lowest BCUT2D eigenvalue weighted by molar-refractivity contribution is 0.123. The number of nitrogens with zero attached hydrogens (tertiary/aromatic N) is 2. The summed E-state index contributed by atoms with van der Waals surface area (Å²) in [5, 5.41) is 15.5. The van der Waals surface area contributed by atoms with Crippen LogP contribution in [0, 0.1) is 5.92 Å². The van der Waals surface area contributed by atoms with E-state index in [2.05, 4.69) is 54.4 Å². The summed E-state index contributed by atoms with van der Waals surface area (Å²) in [6.07, 6.45) is 4.51. The molecule has 184 valence electrons. The van der Waals surface area contributed by atoms with E-state index in [1.54, 1.807) is 11.3 Å². The minimum Gasteiger partial charge on any atom is -0.391 e. The smallest absolute Gasteiger partial charge is 0.183 e. The number of aromatic nitrogens is 1. The van der Waals surface area contributed by atoms with Crippen molar-refractivity contribution in [3.05, 3.63) is 59.7 Å². The molecule has 1 aliphatic heterocycles. The minimum absolute atomic E-state index is 0.268. The number of aliphatic hydroxyl groups excluding tert-OH is 1. The van der Waals surface area contributed by atoms with Crippen molar-refractivity contribution in [3.63, 3.8) is 0 Å². The Balaban J connectivity index is 1.41. The highest BCUT2D eigenvalue weighted by Crippen LogP contribution is 2.34. The maximum Gasteiger partial charge on any atom is 0.183 e. The van der Waals surface area contributed by atoms with Gasteiger partial charge in [0.2, 0.25) is 0 Å². The van der Waals surface area contributed by atoms with Crippen LogP contribution < -0.4 is 11.1 Å². The summed E-state index contributed by atoms with van der Waals surface area (Å²) < 4.78 is 1.21. The van der Waals surface area contributed by atoms with Crippen molar-refractivity contribution in [2.45, 2.75) is 64.0 Å². The molecule has 0 radical (unpaired) electrons. The van der Waals surface area contributed by atoms with Crippen LogP contribution in [0.1, 0.15) is 56.6 Å². The zero-order valence-corrected chi connectivity index (χ0v) is 21.4. The highest BCUT2D eigenvalue weighted by atomic mass is 32.1. The molecule has 6 heteroatoms. The molecule has 3 atom stereocenters. The highest BCUT2D eigenvalue weighted by molar-refractivity contribution is 7.22. The van der Waals surface area contributed by atoms with Crippen LogP contribution in [0.15, 0.2) is 48.5 Å². The van der Waals surface area contributed by atoms with Crippen LogP contribution in [0.3, 0.4) is 0 Å². The number of rotatable bonds is 12. The first-order valence-corrected chi connectivity index (χ1v) is 13.6. The highest BCUT2D eigenvalue weighted by Gasteiger charge is 2.23. The molecule has 0 saturated carbocycles. The second-order valence-corrected chi connectivity index (χ2v) is 11.2. The van der Waals surface area contributed by atoms with Crippen LogP contribution in [0.2, 0.25) is 0 Å². The van der Waals surface area contributed by atoms with E-state index in [9.17, 15) is 5.11 Å². The molecule has 0 amide bonds. The Morgan fingerprint density at radius 3 is 2.59 bits per heavy atom. The minimum atomic E-state index is -0.538. The number of hydrogen-bond acceptors (Lipinski definition) is 6. The first-order valence-electron chi connectivity index (χ1n) is 12.8. The monoisotopic (exact) mass is 480 g/mol. The fourth-order valence-electron chi connectivity index (χ4n) is 5.02. The molecule has 4 rings (SSSR count). The topological polar surface area (TPSA) is 74.4 Å². The van der Waals surface area contributed by atoms with Crippen LogP contribution >= 0.6 is 11.3 Å². The standard InChI is InChI=1S/C28H40N4OS/c1-20(2)16-23(18-26(33)24(29)17-21-8-4-3-5-9-21)22-10-11-25-27(19-22)34-28(31-25)30-12-15-32-13-6-7-14-32/h3-5,8-11,19-20,23-24,26,33H,6-7,12-18,29H2,1-2H3,(H,30,31)/t23?,24-,26+/m0/s1. The third kappa shape index (κ3) is 7.01. The molecule has 1 aromatic heterocycles. The van der Waals surface area contributed by atoms with E-state index < -0.39 is 6.10 Å². The number of nitrogens with one attached hydrogen (secondary N) is 1. The van der Waals surface area contributed by atoms with Gasteiger partial charge in [0, 0.05) is 19.1 Å². The summed E-state index contributed by atoms with van der Waals surface area (Å²) in [6, 6.07) is 16.5. The van der Waals surface area contributed by atoms with Crippen molar-refractivity contribution in [1.29, 1.82) is 0 Å².